The fourth-order valence-electron chi connectivity index (χ4n) is 3.03. The van der Waals surface area contributed by atoms with E-state index in [2.05, 4.69) is 10.6 Å². The quantitative estimate of drug-likeness (QED) is 0.666. The van der Waals surface area contributed by atoms with Crippen molar-refractivity contribution in [1.82, 2.24) is 15.5 Å². The van der Waals surface area contributed by atoms with Crippen molar-refractivity contribution < 1.29 is 28.3 Å². The van der Waals surface area contributed by atoms with Crippen LogP contribution in [0.2, 0.25) is 0 Å². The molecule has 2 heterocycles. The predicted octanol–water partition coefficient (Wildman–Crippen LogP) is 1.59. The number of carbonyl (C=O) groups is 4. The lowest BCUT2D eigenvalue weighted by Gasteiger charge is -2.17. The van der Waals surface area contributed by atoms with Gasteiger partial charge in [0, 0.05) is 19.5 Å². The highest BCUT2D eigenvalue weighted by Crippen LogP contribution is 2.22. The first-order valence-electron chi connectivity index (χ1n) is 9.55. The van der Waals surface area contributed by atoms with Crippen LogP contribution in [0.3, 0.4) is 0 Å². The Bertz CT molecular complexity index is 897. The van der Waals surface area contributed by atoms with E-state index in [9.17, 15) is 19.2 Å². The SMILES string of the molecule is C[C@H](OC(=O)[C@@H]1CC(=O)N(Cc2ccco2)C1)C(=O)NC(=O)NCc1ccccc1. The Morgan fingerprint density at radius 2 is 1.97 bits per heavy atom. The van der Waals surface area contributed by atoms with Crippen LogP contribution in [0.1, 0.15) is 24.7 Å². The maximum absolute atomic E-state index is 12.3. The molecule has 2 N–H and O–H groups in total. The maximum Gasteiger partial charge on any atom is 0.321 e. The van der Waals surface area contributed by atoms with E-state index in [1.54, 1.807) is 12.1 Å². The van der Waals surface area contributed by atoms with Crippen molar-refractivity contribution in [3.05, 3.63) is 60.1 Å². The van der Waals surface area contributed by atoms with Gasteiger partial charge in [-0.05, 0) is 24.6 Å². The summed E-state index contributed by atoms with van der Waals surface area (Å²) < 4.78 is 10.4. The molecule has 1 aromatic heterocycles. The first kappa shape index (κ1) is 21.1. The van der Waals surface area contributed by atoms with Gasteiger partial charge in [0.25, 0.3) is 5.91 Å². The monoisotopic (exact) mass is 413 g/mol. The van der Waals surface area contributed by atoms with Crippen molar-refractivity contribution in [1.29, 1.82) is 0 Å². The molecule has 0 radical (unpaired) electrons. The van der Waals surface area contributed by atoms with Gasteiger partial charge in [-0.2, -0.15) is 0 Å². The topological polar surface area (TPSA) is 118 Å². The van der Waals surface area contributed by atoms with Crippen molar-refractivity contribution in [3.63, 3.8) is 0 Å². The Balaban J connectivity index is 1.42. The van der Waals surface area contributed by atoms with Gasteiger partial charge in [0.2, 0.25) is 5.91 Å². The van der Waals surface area contributed by atoms with Crippen LogP contribution in [0, 0.1) is 5.92 Å². The van der Waals surface area contributed by atoms with Crippen LogP contribution in [0.4, 0.5) is 4.79 Å². The molecule has 158 valence electrons. The summed E-state index contributed by atoms with van der Waals surface area (Å²) in [6.45, 7) is 2.08. The summed E-state index contributed by atoms with van der Waals surface area (Å²) in [5, 5.41) is 4.69. The van der Waals surface area contributed by atoms with E-state index in [0.717, 1.165) is 5.56 Å². The largest absolute Gasteiger partial charge is 0.467 e. The summed E-state index contributed by atoms with van der Waals surface area (Å²) in [4.78, 5) is 49.9. The zero-order valence-electron chi connectivity index (χ0n) is 16.5. The van der Waals surface area contributed by atoms with Crippen LogP contribution in [-0.4, -0.2) is 41.4 Å². The lowest BCUT2D eigenvalue weighted by molar-refractivity contribution is -0.158. The predicted molar refractivity (Wildman–Crippen MR) is 105 cm³/mol. The fourth-order valence-corrected chi connectivity index (χ4v) is 3.03. The van der Waals surface area contributed by atoms with E-state index in [1.165, 1.54) is 18.1 Å². The second-order valence-corrected chi connectivity index (χ2v) is 6.99. The van der Waals surface area contributed by atoms with Gasteiger partial charge in [0.15, 0.2) is 6.10 Å². The van der Waals surface area contributed by atoms with Crippen LogP contribution in [-0.2, 0) is 32.2 Å². The Morgan fingerprint density at radius 3 is 2.67 bits per heavy atom. The summed E-state index contributed by atoms with van der Waals surface area (Å²) >= 11 is 0. The molecule has 1 aromatic carbocycles. The number of carbonyl (C=O) groups excluding carboxylic acids is 4. The molecular formula is C21H23N3O6. The lowest BCUT2D eigenvalue weighted by Crippen LogP contribution is -2.45. The van der Waals surface area contributed by atoms with Crippen molar-refractivity contribution in [2.75, 3.05) is 6.54 Å². The number of imide groups is 1. The number of rotatable bonds is 7. The average molecular weight is 413 g/mol. The number of ether oxygens (including phenoxy) is 1. The van der Waals surface area contributed by atoms with E-state index >= 15 is 0 Å². The first-order chi connectivity index (χ1) is 14.4. The highest BCUT2D eigenvalue weighted by molar-refractivity contribution is 5.97. The summed E-state index contributed by atoms with van der Waals surface area (Å²) in [5.41, 5.74) is 0.879. The number of hydrogen-bond acceptors (Lipinski definition) is 6. The Hall–Kier alpha value is -3.62. The third-order valence-electron chi connectivity index (χ3n) is 4.67. The molecule has 0 saturated carbocycles. The number of amides is 4. The van der Waals surface area contributed by atoms with Crippen molar-refractivity contribution in [2.24, 2.45) is 5.92 Å². The molecule has 3 rings (SSSR count). The summed E-state index contributed by atoms with van der Waals surface area (Å²) in [6, 6.07) is 12.0. The third-order valence-corrected chi connectivity index (χ3v) is 4.67. The third kappa shape index (κ3) is 5.69. The highest BCUT2D eigenvalue weighted by Gasteiger charge is 2.37. The molecule has 2 aromatic rings. The molecule has 9 nitrogen and oxygen atoms in total. The number of esters is 1. The number of furan rings is 1. The molecule has 1 aliphatic heterocycles. The van der Waals surface area contributed by atoms with E-state index in [4.69, 9.17) is 9.15 Å². The molecule has 2 atom stereocenters. The number of likely N-dealkylation sites (tertiary alicyclic amines) is 1. The second kappa shape index (κ2) is 9.73. The summed E-state index contributed by atoms with van der Waals surface area (Å²) in [7, 11) is 0. The molecule has 9 heteroatoms. The van der Waals surface area contributed by atoms with Crippen molar-refractivity contribution in [3.8, 4) is 0 Å². The number of nitrogens with one attached hydrogen (secondary N) is 2. The fraction of sp³-hybridized carbons (Fsp3) is 0.333. The van der Waals surface area contributed by atoms with Gasteiger partial charge in [0.05, 0.1) is 18.7 Å². The zero-order chi connectivity index (χ0) is 21.5. The maximum atomic E-state index is 12.3. The van der Waals surface area contributed by atoms with E-state index in [0.29, 0.717) is 5.76 Å². The standard InChI is InChI=1S/C21H23N3O6/c1-14(19(26)23-21(28)22-11-15-6-3-2-4-7-15)30-20(27)16-10-18(25)24(12-16)13-17-8-5-9-29-17/h2-9,14,16H,10-13H2,1H3,(H2,22,23,26,28)/t14-,16+/m0/s1. The van der Waals surface area contributed by atoms with E-state index in [-0.39, 0.29) is 32.0 Å². The highest BCUT2D eigenvalue weighted by atomic mass is 16.5. The van der Waals surface area contributed by atoms with Crippen LogP contribution >= 0.6 is 0 Å². The van der Waals surface area contributed by atoms with E-state index in [1.807, 2.05) is 30.3 Å². The molecule has 30 heavy (non-hydrogen) atoms. The molecule has 0 spiro atoms. The van der Waals surface area contributed by atoms with Gasteiger partial charge in [-0.15, -0.1) is 0 Å². The zero-order valence-corrected chi connectivity index (χ0v) is 16.5. The lowest BCUT2D eigenvalue weighted by atomic mass is 10.1. The number of nitrogens with zero attached hydrogens (tertiary/aromatic N) is 1. The molecule has 0 bridgehead atoms. The average Bonchev–Trinajstić information content (AvgIpc) is 3.37. The summed E-state index contributed by atoms with van der Waals surface area (Å²) in [5.74, 6) is -1.64. The Labute approximate surface area is 173 Å². The minimum atomic E-state index is -1.17. The molecular weight excluding hydrogens is 390 g/mol. The summed E-state index contributed by atoms with van der Waals surface area (Å²) in [6.07, 6.45) is 0.345. The van der Waals surface area contributed by atoms with Crippen molar-refractivity contribution in [2.45, 2.75) is 32.5 Å². The van der Waals surface area contributed by atoms with Gasteiger partial charge in [-0.3, -0.25) is 19.7 Å². The van der Waals surface area contributed by atoms with Crippen LogP contribution in [0.5, 0.6) is 0 Å². The van der Waals surface area contributed by atoms with E-state index < -0.39 is 29.9 Å². The second-order valence-electron chi connectivity index (χ2n) is 6.99. The Kier molecular flexibility index (Phi) is 6.84. The Morgan fingerprint density at radius 1 is 1.20 bits per heavy atom. The molecule has 0 aliphatic carbocycles. The van der Waals surface area contributed by atoms with Crippen LogP contribution < -0.4 is 10.6 Å². The van der Waals surface area contributed by atoms with Gasteiger partial charge >= 0.3 is 12.0 Å². The van der Waals surface area contributed by atoms with Crippen molar-refractivity contribution >= 4 is 23.8 Å². The minimum absolute atomic E-state index is 0.00540. The van der Waals surface area contributed by atoms with Crippen LogP contribution in [0.25, 0.3) is 0 Å². The first-order valence-corrected chi connectivity index (χ1v) is 9.55. The van der Waals surface area contributed by atoms with Crippen LogP contribution in [0.15, 0.2) is 53.1 Å². The molecule has 1 fully saturated rings. The van der Waals surface area contributed by atoms with Gasteiger partial charge < -0.3 is 19.4 Å². The normalized spacial score (nSPS) is 16.8. The molecule has 1 saturated heterocycles. The van der Waals surface area contributed by atoms with Gasteiger partial charge in [0.1, 0.15) is 5.76 Å². The number of urea groups is 1. The van der Waals surface area contributed by atoms with Gasteiger partial charge in [-0.1, -0.05) is 30.3 Å². The molecule has 4 amide bonds. The minimum Gasteiger partial charge on any atom is -0.467 e. The smallest absolute Gasteiger partial charge is 0.321 e. The molecule has 0 unspecified atom stereocenters. The number of benzene rings is 1. The van der Waals surface area contributed by atoms with Gasteiger partial charge in [-0.25, -0.2) is 4.79 Å². The number of hydrogen-bond donors (Lipinski definition) is 2. The molecule has 1 aliphatic rings.